The fourth-order valence-corrected chi connectivity index (χ4v) is 4.43. The van der Waals surface area contributed by atoms with Gasteiger partial charge in [0.1, 0.15) is 54.9 Å². The first-order chi connectivity index (χ1) is 18.5. The highest BCUT2D eigenvalue weighted by Gasteiger charge is 2.58. The molecule has 0 saturated carbocycles. The summed E-state index contributed by atoms with van der Waals surface area (Å²) in [6.07, 6.45) is -31.1. The fraction of sp³-hybridized carbons (Fsp3) is 0.850. The Morgan fingerprint density at radius 1 is 0.775 bits per heavy atom. The third-order valence-electron chi connectivity index (χ3n) is 6.63. The summed E-state index contributed by atoms with van der Waals surface area (Å²) in [6.45, 7) is -1.17. The maximum absolute atomic E-state index is 11.8. The van der Waals surface area contributed by atoms with Crippen molar-refractivity contribution in [2.24, 2.45) is 0 Å². The molecule has 1 unspecified atom stereocenters. The molecule has 3 rings (SSSR count). The van der Waals surface area contributed by atoms with Gasteiger partial charge >= 0.3 is 17.9 Å². The molecule has 20 heteroatoms. The van der Waals surface area contributed by atoms with E-state index in [1.807, 2.05) is 0 Å². The van der Waals surface area contributed by atoms with Gasteiger partial charge in [-0.2, -0.15) is 0 Å². The summed E-state index contributed by atoms with van der Waals surface area (Å²) in [6, 6.07) is 0. The van der Waals surface area contributed by atoms with Gasteiger partial charge < -0.3 is 85.0 Å². The Bertz CT molecular complexity index is 932. The highest BCUT2D eigenvalue weighted by atomic mass is 16.8. The molecule has 0 amide bonds. The van der Waals surface area contributed by atoms with Gasteiger partial charge in [-0.15, -0.1) is 0 Å². The van der Waals surface area contributed by atoms with Crippen LogP contribution in [0.25, 0.3) is 0 Å². The van der Waals surface area contributed by atoms with Crippen molar-refractivity contribution in [1.29, 1.82) is 0 Å². The number of hydrogen-bond acceptors (Lipinski definition) is 17. The number of ether oxygens (including phenoxy) is 5. The van der Waals surface area contributed by atoms with Crippen LogP contribution in [0.5, 0.6) is 0 Å². The summed E-state index contributed by atoms with van der Waals surface area (Å²) in [4.78, 5) is 34.7. The molecule has 0 aromatic rings. The lowest BCUT2D eigenvalue weighted by Gasteiger charge is -2.49. The zero-order valence-corrected chi connectivity index (χ0v) is 20.1. The molecule has 0 aliphatic carbocycles. The van der Waals surface area contributed by atoms with Gasteiger partial charge in [-0.3, -0.25) is 0 Å². The van der Waals surface area contributed by atoms with E-state index >= 15 is 0 Å². The molecule has 20 nitrogen and oxygen atoms in total. The van der Waals surface area contributed by atoms with Gasteiger partial charge in [0.05, 0.1) is 12.7 Å². The molecule has 3 aliphatic heterocycles. The predicted molar refractivity (Wildman–Crippen MR) is 114 cm³/mol. The summed E-state index contributed by atoms with van der Waals surface area (Å²) in [5.74, 6) is -8.89. The molecule has 0 radical (unpaired) electrons. The van der Waals surface area contributed by atoms with Crippen molar-refractivity contribution in [2.45, 2.75) is 98.0 Å². The number of carbonyl (C=O) groups is 3. The summed E-state index contributed by atoms with van der Waals surface area (Å²) in [7, 11) is 0. The highest BCUT2D eigenvalue weighted by Crippen LogP contribution is 2.37. The molecule has 3 fully saturated rings. The summed E-state index contributed by atoms with van der Waals surface area (Å²) in [5.41, 5.74) is 0. The Morgan fingerprint density at radius 2 is 1.23 bits per heavy atom. The van der Waals surface area contributed by atoms with Crippen LogP contribution in [-0.2, 0) is 38.1 Å². The van der Waals surface area contributed by atoms with Crippen molar-refractivity contribution in [3.8, 4) is 0 Å². The lowest BCUT2D eigenvalue weighted by Crippen LogP contribution is -2.68. The Labute approximate surface area is 222 Å². The minimum atomic E-state index is -3.21. The van der Waals surface area contributed by atoms with Crippen molar-refractivity contribution < 1.29 is 99.3 Å². The molecule has 3 saturated heterocycles. The van der Waals surface area contributed by atoms with Crippen LogP contribution in [0.15, 0.2) is 0 Å². The third-order valence-corrected chi connectivity index (χ3v) is 6.63. The monoisotopic (exact) mass is 590 g/mol. The van der Waals surface area contributed by atoms with Crippen molar-refractivity contribution in [2.75, 3.05) is 6.61 Å². The average Bonchev–Trinajstić information content (AvgIpc) is 2.89. The quantitative estimate of drug-likeness (QED) is 0.119. The van der Waals surface area contributed by atoms with Gasteiger partial charge in [0, 0.05) is 6.42 Å². The summed E-state index contributed by atoms with van der Waals surface area (Å²) >= 11 is 0. The zero-order valence-electron chi connectivity index (χ0n) is 20.1. The van der Waals surface area contributed by atoms with Gasteiger partial charge in [0.25, 0.3) is 5.79 Å². The van der Waals surface area contributed by atoms with E-state index in [9.17, 15) is 75.7 Å². The van der Waals surface area contributed by atoms with E-state index in [0.717, 1.165) is 0 Å². The van der Waals surface area contributed by atoms with Crippen LogP contribution in [-0.4, -0.2) is 177 Å². The third kappa shape index (κ3) is 6.19. The summed E-state index contributed by atoms with van der Waals surface area (Å²) in [5, 5.41) is 119. The first-order valence-electron chi connectivity index (χ1n) is 11.6. The molecule has 0 spiro atoms. The topological polar surface area (TPSA) is 340 Å². The lowest BCUT2D eigenvalue weighted by atomic mass is 9.91. The number of carboxylic acid groups (broad SMARTS) is 3. The minimum Gasteiger partial charge on any atom is -0.479 e. The van der Waals surface area contributed by atoms with Crippen LogP contribution in [0.1, 0.15) is 6.42 Å². The van der Waals surface area contributed by atoms with E-state index in [0.29, 0.717) is 0 Å². The van der Waals surface area contributed by atoms with E-state index in [1.165, 1.54) is 0 Å². The SMILES string of the molecule is O=C(O)[C@H]1O[C@H](O[C@@H]2CC(O)(C(=O)O)O[C@H]([C@H](O)CO)[C@@H]2O[C@H]2O[C@H](C(=O)O)[C@H](O)[C@H](O)[C@H]2O)[C@H](O)[C@@H](O)[C@H]1O. The van der Waals surface area contributed by atoms with E-state index in [1.54, 1.807) is 0 Å². The Hall–Kier alpha value is -2.15. The Kier molecular flexibility index (Phi) is 10.0. The predicted octanol–water partition coefficient (Wildman–Crippen LogP) is -7.54. The van der Waals surface area contributed by atoms with Crippen molar-refractivity contribution in [1.82, 2.24) is 0 Å². The van der Waals surface area contributed by atoms with Gasteiger partial charge in [-0.25, -0.2) is 14.4 Å². The zero-order chi connectivity index (χ0) is 30.3. The first kappa shape index (κ1) is 32.4. The number of carboxylic acids is 3. The van der Waals surface area contributed by atoms with E-state index in [2.05, 4.69) is 0 Å². The smallest absolute Gasteiger partial charge is 0.364 e. The molecule has 0 aromatic carbocycles. The Morgan fingerprint density at radius 3 is 1.62 bits per heavy atom. The second kappa shape index (κ2) is 12.4. The van der Waals surface area contributed by atoms with Crippen LogP contribution >= 0.6 is 0 Å². The maximum Gasteiger partial charge on any atom is 0.364 e. The lowest BCUT2D eigenvalue weighted by molar-refractivity contribution is -0.380. The van der Waals surface area contributed by atoms with Gasteiger partial charge in [0.2, 0.25) is 0 Å². The van der Waals surface area contributed by atoms with Crippen molar-refractivity contribution in [3.05, 3.63) is 0 Å². The molecule has 3 heterocycles. The van der Waals surface area contributed by atoms with E-state index in [-0.39, 0.29) is 0 Å². The average molecular weight is 590 g/mol. The molecule has 230 valence electrons. The highest BCUT2D eigenvalue weighted by molar-refractivity contribution is 5.75. The van der Waals surface area contributed by atoms with Crippen LogP contribution in [0, 0.1) is 0 Å². The first-order valence-corrected chi connectivity index (χ1v) is 11.6. The molecule has 0 bridgehead atoms. The normalized spacial score (nSPS) is 46.9. The standard InChI is InChI=1S/C20H30O20/c21-2-3(22)11-12(37-18-10(28)6(24)8(26)14(39-18)16(31)32)4(1-20(35,40-11)19(33)34)36-17-9(27)5(23)7(25)13(38-17)15(29)30/h3-14,17-18,21-28,35H,1-2H2,(H,29,30)(H,31,32)(H,33,34)/t3-,4-,5+,6+,7-,8-,9-,10-,11-,12-,13+,14+,17+,18+,20?/m1/s1. The van der Waals surface area contributed by atoms with Crippen LogP contribution in [0.3, 0.4) is 0 Å². The largest absolute Gasteiger partial charge is 0.479 e. The minimum absolute atomic E-state index is 1.17. The molecular formula is C20H30O20. The van der Waals surface area contributed by atoms with Crippen molar-refractivity contribution >= 4 is 17.9 Å². The van der Waals surface area contributed by atoms with Crippen LogP contribution in [0.4, 0.5) is 0 Å². The summed E-state index contributed by atoms with van der Waals surface area (Å²) < 4.78 is 25.9. The molecule has 15 atom stereocenters. The van der Waals surface area contributed by atoms with Gasteiger partial charge in [0.15, 0.2) is 24.8 Å². The molecule has 12 N–H and O–H groups in total. The number of rotatable bonds is 9. The van der Waals surface area contributed by atoms with E-state index in [4.69, 9.17) is 23.7 Å². The fourth-order valence-electron chi connectivity index (χ4n) is 4.43. The van der Waals surface area contributed by atoms with Crippen molar-refractivity contribution in [3.63, 3.8) is 0 Å². The Balaban J connectivity index is 2.00. The van der Waals surface area contributed by atoms with Gasteiger partial charge in [-0.05, 0) is 0 Å². The number of aliphatic hydroxyl groups excluding tert-OH is 8. The van der Waals surface area contributed by atoms with Crippen LogP contribution < -0.4 is 0 Å². The second-order valence-corrected chi connectivity index (χ2v) is 9.37. The maximum atomic E-state index is 11.8. The number of hydrogen-bond donors (Lipinski definition) is 12. The molecule has 40 heavy (non-hydrogen) atoms. The van der Waals surface area contributed by atoms with Crippen LogP contribution in [0.2, 0.25) is 0 Å². The van der Waals surface area contributed by atoms with E-state index < -0.39 is 123 Å². The molecule has 0 aromatic heterocycles. The number of aliphatic hydroxyl groups is 9. The molecular weight excluding hydrogens is 560 g/mol. The molecule has 3 aliphatic rings. The van der Waals surface area contributed by atoms with Gasteiger partial charge in [-0.1, -0.05) is 0 Å². The number of aliphatic carboxylic acids is 3. The second-order valence-electron chi connectivity index (χ2n) is 9.37.